The molecule has 0 aromatic rings. The minimum absolute atomic E-state index is 0.0658. The SMILES string of the molecule is C[C@@]12CC[C@@H]3[C@H](CC[C@@]4(O)C[C@H](O)CC[C@]34C=NCCN3CCOCC3)[C@@]1(O)CC[C@H]2C1=CC(=O)OC1. The van der Waals surface area contributed by atoms with Crippen LogP contribution in [0.2, 0.25) is 0 Å². The van der Waals surface area contributed by atoms with E-state index >= 15 is 0 Å². The fourth-order valence-electron chi connectivity index (χ4n) is 9.61. The van der Waals surface area contributed by atoms with Crippen LogP contribution in [-0.2, 0) is 14.3 Å². The Labute approximate surface area is 220 Å². The van der Waals surface area contributed by atoms with E-state index in [-0.39, 0.29) is 29.1 Å². The predicted molar refractivity (Wildman–Crippen MR) is 138 cm³/mol. The number of carbonyl (C=O) groups is 1. The van der Waals surface area contributed by atoms with E-state index in [0.29, 0.717) is 45.3 Å². The molecule has 8 atom stereocenters. The van der Waals surface area contributed by atoms with Crippen LogP contribution in [0, 0.1) is 28.6 Å². The molecule has 5 fully saturated rings. The van der Waals surface area contributed by atoms with E-state index in [0.717, 1.165) is 64.1 Å². The van der Waals surface area contributed by atoms with Gasteiger partial charge in [-0.2, -0.15) is 0 Å². The highest BCUT2D eigenvalue weighted by molar-refractivity contribution is 5.85. The number of hydrogen-bond acceptors (Lipinski definition) is 8. The number of nitrogens with zero attached hydrogens (tertiary/aromatic N) is 2. The molecule has 8 nitrogen and oxygen atoms in total. The first kappa shape index (κ1) is 25.9. The van der Waals surface area contributed by atoms with Gasteiger partial charge in [0.15, 0.2) is 0 Å². The molecule has 0 aromatic heterocycles. The van der Waals surface area contributed by atoms with Crippen LogP contribution in [0.25, 0.3) is 0 Å². The molecule has 3 N–H and O–H groups in total. The number of esters is 1. The van der Waals surface area contributed by atoms with Crippen molar-refractivity contribution in [1.82, 2.24) is 4.90 Å². The lowest BCUT2D eigenvalue weighted by Gasteiger charge is -2.65. The first-order valence-electron chi connectivity index (χ1n) is 14.5. The fraction of sp³-hybridized carbons (Fsp3) is 0.862. The molecule has 0 spiro atoms. The second-order valence-corrected chi connectivity index (χ2v) is 13.0. The van der Waals surface area contributed by atoms with Crippen molar-refractivity contribution in [3.63, 3.8) is 0 Å². The van der Waals surface area contributed by atoms with E-state index in [1.807, 2.05) is 0 Å². The van der Waals surface area contributed by atoms with Crippen LogP contribution in [0.1, 0.15) is 64.7 Å². The number of carbonyl (C=O) groups excluding carboxylic acids is 1. The van der Waals surface area contributed by atoms with Gasteiger partial charge in [-0.25, -0.2) is 4.79 Å². The number of fused-ring (bicyclic) bond motifs is 5. The molecule has 6 aliphatic rings. The molecule has 1 saturated heterocycles. The van der Waals surface area contributed by atoms with E-state index in [1.54, 1.807) is 6.08 Å². The van der Waals surface area contributed by atoms with Crippen molar-refractivity contribution >= 4 is 12.2 Å². The van der Waals surface area contributed by atoms with Crippen LogP contribution in [-0.4, -0.2) is 95.7 Å². The number of aliphatic hydroxyl groups is 3. The lowest BCUT2D eigenvalue weighted by Crippen LogP contribution is -2.68. The lowest BCUT2D eigenvalue weighted by atomic mass is 9.41. The molecule has 206 valence electrons. The molecule has 4 saturated carbocycles. The summed E-state index contributed by atoms with van der Waals surface area (Å²) in [5.41, 5.74) is -1.65. The zero-order chi connectivity index (χ0) is 25.9. The molecular formula is C29H44N2O6. The highest BCUT2D eigenvalue weighted by Crippen LogP contribution is 2.70. The third-order valence-corrected chi connectivity index (χ3v) is 11.6. The second-order valence-electron chi connectivity index (χ2n) is 13.0. The van der Waals surface area contributed by atoms with E-state index in [1.165, 1.54) is 0 Å². The first-order valence-corrected chi connectivity index (χ1v) is 14.5. The summed E-state index contributed by atoms with van der Waals surface area (Å²) in [5, 5.41) is 35.2. The molecule has 0 unspecified atom stereocenters. The largest absolute Gasteiger partial charge is 0.458 e. The zero-order valence-corrected chi connectivity index (χ0v) is 22.2. The first-order chi connectivity index (χ1) is 17.7. The average Bonchev–Trinajstić information content (AvgIpc) is 3.42. The number of aliphatic hydroxyl groups excluding tert-OH is 1. The third-order valence-electron chi connectivity index (χ3n) is 11.6. The Morgan fingerprint density at radius 2 is 1.86 bits per heavy atom. The highest BCUT2D eigenvalue weighted by atomic mass is 16.5. The molecule has 0 radical (unpaired) electrons. The molecule has 0 amide bonds. The van der Waals surface area contributed by atoms with E-state index in [4.69, 9.17) is 14.5 Å². The molecule has 37 heavy (non-hydrogen) atoms. The monoisotopic (exact) mass is 516 g/mol. The highest BCUT2D eigenvalue weighted by Gasteiger charge is 2.71. The Kier molecular flexibility index (Phi) is 6.59. The van der Waals surface area contributed by atoms with E-state index in [2.05, 4.69) is 18.0 Å². The van der Waals surface area contributed by atoms with Crippen LogP contribution in [0.4, 0.5) is 0 Å². The maximum atomic E-state index is 12.5. The lowest BCUT2D eigenvalue weighted by molar-refractivity contribution is -0.237. The number of cyclic esters (lactones) is 1. The van der Waals surface area contributed by atoms with Gasteiger partial charge in [-0.15, -0.1) is 0 Å². The molecule has 4 aliphatic carbocycles. The van der Waals surface area contributed by atoms with E-state index in [9.17, 15) is 20.1 Å². The number of ether oxygens (including phenoxy) is 2. The molecule has 8 heteroatoms. The second kappa shape index (κ2) is 9.40. The number of hydrogen-bond donors (Lipinski definition) is 3. The Bertz CT molecular complexity index is 964. The summed E-state index contributed by atoms with van der Waals surface area (Å²) < 4.78 is 10.7. The Morgan fingerprint density at radius 3 is 2.62 bits per heavy atom. The predicted octanol–water partition coefficient (Wildman–Crippen LogP) is 2.10. The number of rotatable bonds is 5. The van der Waals surface area contributed by atoms with Gasteiger partial charge >= 0.3 is 5.97 Å². The van der Waals surface area contributed by atoms with Crippen molar-refractivity contribution in [2.75, 3.05) is 46.0 Å². The Morgan fingerprint density at radius 1 is 1.08 bits per heavy atom. The third kappa shape index (κ3) is 3.96. The fourth-order valence-corrected chi connectivity index (χ4v) is 9.61. The minimum atomic E-state index is -0.995. The smallest absolute Gasteiger partial charge is 0.331 e. The van der Waals surface area contributed by atoms with Gasteiger partial charge in [0.05, 0.1) is 37.1 Å². The topological polar surface area (TPSA) is 112 Å². The molecular weight excluding hydrogens is 472 g/mol. The molecule has 0 bridgehead atoms. The summed E-state index contributed by atoms with van der Waals surface area (Å²) in [4.78, 5) is 19.2. The number of aliphatic imine (C=N–C) groups is 1. The van der Waals surface area contributed by atoms with Crippen LogP contribution < -0.4 is 0 Å². The quantitative estimate of drug-likeness (QED) is 0.379. The summed E-state index contributed by atoms with van der Waals surface area (Å²) in [6.45, 7) is 7.53. The summed E-state index contributed by atoms with van der Waals surface area (Å²) in [7, 11) is 0. The van der Waals surface area contributed by atoms with Crippen molar-refractivity contribution in [1.29, 1.82) is 0 Å². The summed E-state index contributed by atoms with van der Waals surface area (Å²) >= 11 is 0. The summed E-state index contributed by atoms with van der Waals surface area (Å²) in [5.74, 6) is 0.0738. The zero-order valence-electron chi connectivity index (χ0n) is 22.2. The van der Waals surface area contributed by atoms with Gasteiger partial charge in [-0.05, 0) is 74.7 Å². The normalized spacial score (nSPS) is 48.3. The maximum Gasteiger partial charge on any atom is 0.331 e. The molecule has 2 heterocycles. The van der Waals surface area contributed by atoms with Gasteiger partial charge in [-0.1, -0.05) is 6.92 Å². The maximum absolute atomic E-state index is 12.5. The van der Waals surface area contributed by atoms with Crippen molar-refractivity contribution in [2.45, 2.75) is 82.0 Å². The van der Waals surface area contributed by atoms with Gasteiger partial charge in [0, 0.05) is 49.2 Å². The van der Waals surface area contributed by atoms with Crippen LogP contribution in [0.5, 0.6) is 0 Å². The summed E-state index contributed by atoms with van der Waals surface area (Å²) in [6, 6.07) is 0. The minimum Gasteiger partial charge on any atom is -0.458 e. The van der Waals surface area contributed by atoms with Gasteiger partial charge in [0.25, 0.3) is 0 Å². The molecule has 0 aromatic carbocycles. The van der Waals surface area contributed by atoms with Gasteiger partial charge in [-0.3, -0.25) is 9.89 Å². The van der Waals surface area contributed by atoms with Crippen molar-refractivity contribution in [3.05, 3.63) is 11.6 Å². The van der Waals surface area contributed by atoms with Crippen LogP contribution >= 0.6 is 0 Å². The molecule has 2 aliphatic heterocycles. The summed E-state index contributed by atoms with van der Waals surface area (Å²) in [6.07, 6.45) is 9.65. The molecule has 6 rings (SSSR count). The van der Waals surface area contributed by atoms with Crippen molar-refractivity contribution in [3.8, 4) is 0 Å². The van der Waals surface area contributed by atoms with Gasteiger partial charge < -0.3 is 24.8 Å². The van der Waals surface area contributed by atoms with Crippen LogP contribution in [0.15, 0.2) is 16.6 Å². The Balaban J connectivity index is 1.28. The average molecular weight is 517 g/mol. The van der Waals surface area contributed by atoms with Crippen molar-refractivity contribution in [2.24, 2.45) is 33.6 Å². The van der Waals surface area contributed by atoms with Crippen molar-refractivity contribution < 1.29 is 29.6 Å². The van der Waals surface area contributed by atoms with E-state index < -0.39 is 22.7 Å². The van der Waals surface area contributed by atoms with Crippen LogP contribution in [0.3, 0.4) is 0 Å². The van der Waals surface area contributed by atoms with Gasteiger partial charge in [0.2, 0.25) is 0 Å². The standard InChI is InChI=1S/C29H44N2O6/c1-26-6-3-23-24(29(26,35)9-5-22(26)20-16-25(33)37-18-20)4-8-28(34)17-21(32)2-7-27(23,28)19-30-10-11-31-12-14-36-15-13-31/h16,19,21-24,32,34-35H,2-15,17-18H2,1H3/t21-,22+,23-,24+,26+,27+,28-,29+/m1/s1. The number of morpholine rings is 1. The Hall–Kier alpha value is -1.32. The van der Waals surface area contributed by atoms with Gasteiger partial charge in [0.1, 0.15) is 6.61 Å².